The molecule has 1 aromatic carbocycles. The minimum absolute atomic E-state index is 0.00820. The van der Waals surface area contributed by atoms with E-state index >= 15 is 0 Å². The van der Waals surface area contributed by atoms with E-state index in [2.05, 4.69) is 10.3 Å². The zero-order valence-corrected chi connectivity index (χ0v) is 11.9. The number of nitrogens with zero attached hydrogens (tertiary/aromatic N) is 5. The number of para-hydroxylation sites is 1. The number of amides is 2. The molecule has 0 N–H and O–H groups in total. The van der Waals surface area contributed by atoms with Crippen LogP contribution in [0, 0.1) is 0 Å². The lowest BCUT2D eigenvalue weighted by molar-refractivity contribution is -0.138. The summed E-state index contributed by atoms with van der Waals surface area (Å²) in [5, 5.41) is 8.07. The molecule has 1 saturated heterocycles. The molecule has 0 bridgehead atoms. The maximum atomic E-state index is 12.3. The van der Waals surface area contributed by atoms with E-state index in [0.717, 1.165) is 11.0 Å². The van der Waals surface area contributed by atoms with Crippen LogP contribution in [-0.4, -0.2) is 62.8 Å². The Hall–Kier alpha value is -2.44. The molecular weight excluding hydrogens is 270 g/mol. The summed E-state index contributed by atoms with van der Waals surface area (Å²) in [6.45, 7) is 4.08. The lowest BCUT2D eigenvalue weighted by Gasteiger charge is -2.34. The Bertz CT molecular complexity index is 673. The molecule has 110 valence electrons. The van der Waals surface area contributed by atoms with Gasteiger partial charge in [0.15, 0.2) is 0 Å². The second-order valence-corrected chi connectivity index (χ2v) is 5.12. The molecule has 2 amide bonds. The Morgan fingerprint density at radius 2 is 1.76 bits per heavy atom. The van der Waals surface area contributed by atoms with Gasteiger partial charge in [0.2, 0.25) is 11.8 Å². The van der Waals surface area contributed by atoms with Gasteiger partial charge < -0.3 is 9.80 Å². The lowest BCUT2D eigenvalue weighted by Crippen LogP contribution is -2.50. The third kappa shape index (κ3) is 2.72. The minimum Gasteiger partial charge on any atom is -0.339 e. The Balaban J connectivity index is 1.66. The molecule has 0 spiro atoms. The number of hydrogen-bond acceptors (Lipinski definition) is 4. The molecule has 7 heteroatoms. The molecule has 2 heterocycles. The molecule has 3 rings (SSSR count). The summed E-state index contributed by atoms with van der Waals surface area (Å²) in [6.07, 6.45) is 0. The van der Waals surface area contributed by atoms with Crippen molar-refractivity contribution < 1.29 is 9.59 Å². The third-order valence-electron chi connectivity index (χ3n) is 3.78. The monoisotopic (exact) mass is 287 g/mol. The first-order valence-electron chi connectivity index (χ1n) is 6.96. The molecule has 0 unspecified atom stereocenters. The van der Waals surface area contributed by atoms with Crippen LogP contribution in [0.3, 0.4) is 0 Å². The van der Waals surface area contributed by atoms with Crippen LogP contribution in [-0.2, 0) is 16.1 Å². The van der Waals surface area contributed by atoms with Gasteiger partial charge in [0.1, 0.15) is 12.1 Å². The fraction of sp³-hybridized carbons (Fsp3) is 0.429. The number of rotatable bonds is 2. The van der Waals surface area contributed by atoms with E-state index in [1.54, 1.807) is 21.4 Å². The Kier molecular flexibility index (Phi) is 3.55. The summed E-state index contributed by atoms with van der Waals surface area (Å²) in [5.41, 5.74) is 1.64. The molecule has 0 radical (unpaired) electrons. The van der Waals surface area contributed by atoms with Gasteiger partial charge in [-0.2, -0.15) is 0 Å². The van der Waals surface area contributed by atoms with Gasteiger partial charge in [-0.25, -0.2) is 4.68 Å². The van der Waals surface area contributed by atoms with Gasteiger partial charge in [-0.1, -0.05) is 17.3 Å². The molecule has 2 aromatic rings. The average molecular weight is 287 g/mol. The summed E-state index contributed by atoms with van der Waals surface area (Å²) in [7, 11) is 0. The van der Waals surface area contributed by atoms with E-state index in [9.17, 15) is 9.59 Å². The summed E-state index contributed by atoms with van der Waals surface area (Å²) in [4.78, 5) is 27.1. The van der Waals surface area contributed by atoms with Crippen LogP contribution in [0.5, 0.6) is 0 Å². The topological polar surface area (TPSA) is 71.3 Å². The fourth-order valence-corrected chi connectivity index (χ4v) is 2.53. The normalized spacial score (nSPS) is 15.5. The highest BCUT2D eigenvalue weighted by Gasteiger charge is 2.23. The maximum absolute atomic E-state index is 12.3. The van der Waals surface area contributed by atoms with Crippen LogP contribution in [0.1, 0.15) is 6.92 Å². The number of carbonyl (C=O) groups excluding carboxylic acids is 2. The van der Waals surface area contributed by atoms with Gasteiger partial charge >= 0.3 is 0 Å². The first-order chi connectivity index (χ1) is 10.1. The van der Waals surface area contributed by atoms with Gasteiger partial charge in [-0.05, 0) is 12.1 Å². The van der Waals surface area contributed by atoms with Gasteiger partial charge in [-0.15, -0.1) is 5.10 Å². The molecule has 7 nitrogen and oxygen atoms in total. The molecule has 1 aromatic heterocycles. The van der Waals surface area contributed by atoms with E-state index in [0.29, 0.717) is 26.2 Å². The molecule has 21 heavy (non-hydrogen) atoms. The highest BCUT2D eigenvalue weighted by molar-refractivity contribution is 5.80. The standard InChI is InChI=1S/C14H17N5O2/c1-11(20)17-6-8-18(9-7-17)14(21)10-19-13-5-3-2-4-12(13)15-16-19/h2-5H,6-10H2,1H3. The molecule has 0 atom stereocenters. The molecule has 0 saturated carbocycles. The summed E-state index contributed by atoms with van der Waals surface area (Å²) in [5.74, 6) is 0.0678. The van der Waals surface area contributed by atoms with Crippen molar-refractivity contribution in [2.75, 3.05) is 26.2 Å². The highest BCUT2D eigenvalue weighted by Crippen LogP contribution is 2.10. The Morgan fingerprint density at radius 1 is 1.10 bits per heavy atom. The summed E-state index contributed by atoms with van der Waals surface area (Å²) >= 11 is 0. The number of fused-ring (bicyclic) bond motifs is 1. The second-order valence-electron chi connectivity index (χ2n) is 5.12. The predicted molar refractivity (Wildman–Crippen MR) is 76.4 cm³/mol. The first kappa shape index (κ1) is 13.5. The smallest absolute Gasteiger partial charge is 0.244 e. The molecule has 0 aliphatic carbocycles. The van der Waals surface area contributed by atoms with Crippen molar-refractivity contribution in [3.05, 3.63) is 24.3 Å². The predicted octanol–water partition coefficient (Wildman–Crippen LogP) is 0.122. The van der Waals surface area contributed by atoms with Gasteiger partial charge in [0.05, 0.1) is 5.52 Å². The van der Waals surface area contributed by atoms with Crippen LogP contribution in [0.15, 0.2) is 24.3 Å². The fourth-order valence-electron chi connectivity index (χ4n) is 2.53. The van der Waals surface area contributed by atoms with Crippen molar-refractivity contribution in [3.8, 4) is 0 Å². The van der Waals surface area contributed by atoms with E-state index in [1.165, 1.54) is 0 Å². The number of piperazine rings is 1. The van der Waals surface area contributed by atoms with Crippen molar-refractivity contribution in [1.29, 1.82) is 0 Å². The second kappa shape index (κ2) is 5.51. The van der Waals surface area contributed by atoms with Crippen LogP contribution >= 0.6 is 0 Å². The zero-order valence-electron chi connectivity index (χ0n) is 11.9. The maximum Gasteiger partial charge on any atom is 0.244 e. The minimum atomic E-state index is 0.00820. The lowest BCUT2D eigenvalue weighted by atomic mass is 10.3. The van der Waals surface area contributed by atoms with Crippen LogP contribution < -0.4 is 0 Å². The quantitative estimate of drug-likeness (QED) is 0.786. The van der Waals surface area contributed by atoms with E-state index in [4.69, 9.17) is 0 Å². The van der Waals surface area contributed by atoms with Gasteiger partial charge in [-0.3, -0.25) is 9.59 Å². The average Bonchev–Trinajstić information content (AvgIpc) is 2.91. The summed E-state index contributed by atoms with van der Waals surface area (Å²) < 4.78 is 1.62. The Morgan fingerprint density at radius 3 is 2.48 bits per heavy atom. The van der Waals surface area contributed by atoms with Crippen LogP contribution in [0.25, 0.3) is 11.0 Å². The number of hydrogen-bond donors (Lipinski definition) is 0. The zero-order chi connectivity index (χ0) is 14.8. The van der Waals surface area contributed by atoms with Gasteiger partial charge in [0, 0.05) is 33.1 Å². The van der Waals surface area contributed by atoms with Crippen molar-refractivity contribution in [2.24, 2.45) is 0 Å². The summed E-state index contributed by atoms with van der Waals surface area (Å²) in [6, 6.07) is 7.56. The number of carbonyl (C=O) groups is 2. The highest BCUT2D eigenvalue weighted by atomic mass is 16.2. The van der Waals surface area contributed by atoms with E-state index < -0.39 is 0 Å². The number of benzene rings is 1. The number of aromatic nitrogens is 3. The van der Waals surface area contributed by atoms with E-state index in [1.807, 2.05) is 24.3 Å². The molecule has 1 aliphatic rings. The Labute approximate surface area is 122 Å². The van der Waals surface area contributed by atoms with Crippen molar-refractivity contribution in [2.45, 2.75) is 13.5 Å². The van der Waals surface area contributed by atoms with Crippen LogP contribution in [0.2, 0.25) is 0 Å². The van der Waals surface area contributed by atoms with Crippen molar-refractivity contribution >= 4 is 22.8 Å². The van der Waals surface area contributed by atoms with E-state index in [-0.39, 0.29) is 18.4 Å². The van der Waals surface area contributed by atoms with Crippen LogP contribution in [0.4, 0.5) is 0 Å². The third-order valence-corrected chi connectivity index (χ3v) is 3.78. The van der Waals surface area contributed by atoms with Crippen molar-refractivity contribution in [3.63, 3.8) is 0 Å². The van der Waals surface area contributed by atoms with Crippen molar-refractivity contribution in [1.82, 2.24) is 24.8 Å². The van der Waals surface area contributed by atoms with Gasteiger partial charge in [0.25, 0.3) is 0 Å². The largest absolute Gasteiger partial charge is 0.339 e. The molecule has 1 fully saturated rings. The molecule has 1 aliphatic heterocycles. The SMILES string of the molecule is CC(=O)N1CCN(C(=O)Cn2nnc3ccccc32)CC1. The first-order valence-corrected chi connectivity index (χ1v) is 6.96. The molecular formula is C14H17N5O2.